The van der Waals surface area contributed by atoms with Crippen molar-refractivity contribution in [2.75, 3.05) is 25.0 Å². The average molecular weight is 375 g/mol. The number of nitrogens with one attached hydrogen (secondary N) is 1. The lowest BCUT2D eigenvalue weighted by molar-refractivity contribution is -0.127. The third kappa shape index (κ3) is 4.14. The highest BCUT2D eigenvalue weighted by Crippen LogP contribution is 2.31. The molecule has 1 atom stereocenters. The van der Waals surface area contributed by atoms with E-state index in [1.807, 2.05) is 36.2 Å². The fraction of sp³-hybridized carbons (Fsp3) is 0.278. The first-order valence-corrected chi connectivity index (χ1v) is 9.75. The molecule has 3 N–H and O–H groups in total. The molecule has 1 amide bonds. The topological polar surface area (TPSA) is 102 Å². The maximum absolute atomic E-state index is 12.4. The Bertz CT molecular complexity index is 897. The molecule has 8 heteroatoms. The number of likely N-dealkylation sites (N-methyl/N-ethyl adjacent to an activating group) is 1. The summed E-state index contributed by atoms with van der Waals surface area (Å²) in [7, 11) is -1.76. The molecular weight excluding hydrogens is 354 g/mol. The van der Waals surface area contributed by atoms with Gasteiger partial charge in [-0.25, -0.2) is 13.6 Å². The fourth-order valence-electron chi connectivity index (χ4n) is 2.84. The van der Waals surface area contributed by atoms with Crippen LogP contribution in [0.2, 0.25) is 0 Å². The summed E-state index contributed by atoms with van der Waals surface area (Å²) in [5.41, 5.74) is 1.87. The molecule has 0 saturated carbocycles. The summed E-state index contributed by atoms with van der Waals surface area (Å²) in [6.45, 7) is 0.907. The van der Waals surface area contributed by atoms with Crippen molar-refractivity contribution in [1.82, 2.24) is 5.32 Å². The highest BCUT2D eigenvalue weighted by molar-refractivity contribution is 7.89. The van der Waals surface area contributed by atoms with Gasteiger partial charge in [0.25, 0.3) is 5.91 Å². The maximum Gasteiger partial charge on any atom is 0.262 e. The van der Waals surface area contributed by atoms with E-state index >= 15 is 0 Å². The normalized spacial score (nSPS) is 16.5. The summed E-state index contributed by atoms with van der Waals surface area (Å²) in [4.78, 5) is 14.4. The standard InChI is InChI=1S/C18H21N3O4S/c1-21-12-17(25-16-5-3-2-4-15(16)21)18(22)20-11-10-13-6-8-14(9-7-13)26(19,23)24/h2-9,17H,10-12H2,1H3,(H,20,22)(H2,19,23,24)/t17-/m1/s1. The van der Waals surface area contributed by atoms with Gasteiger partial charge >= 0.3 is 0 Å². The van der Waals surface area contributed by atoms with E-state index in [9.17, 15) is 13.2 Å². The molecule has 7 nitrogen and oxygen atoms in total. The van der Waals surface area contributed by atoms with Gasteiger partial charge in [0, 0.05) is 13.6 Å². The van der Waals surface area contributed by atoms with Crippen molar-refractivity contribution in [1.29, 1.82) is 0 Å². The SMILES string of the molecule is CN1C[C@H](C(=O)NCCc2ccc(S(N)(=O)=O)cc2)Oc2ccccc21. The van der Waals surface area contributed by atoms with E-state index in [0.717, 1.165) is 11.3 Å². The second-order valence-corrected chi connectivity index (χ2v) is 7.75. The number of ether oxygens (including phenoxy) is 1. The number of hydrogen-bond acceptors (Lipinski definition) is 5. The van der Waals surface area contributed by atoms with Gasteiger partial charge in [-0.3, -0.25) is 4.79 Å². The lowest BCUT2D eigenvalue weighted by atomic mass is 10.1. The van der Waals surface area contributed by atoms with Crippen molar-refractivity contribution in [3.8, 4) is 5.75 Å². The number of nitrogens with two attached hydrogens (primary N) is 1. The third-order valence-electron chi connectivity index (χ3n) is 4.24. The van der Waals surface area contributed by atoms with E-state index < -0.39 is 16.1 Å². The Morgan fingerprint density at radius 1 is 1.23 bits per heavy atom. The monoisotopic (exact) mass is 375 g/mol. The molecule has 0 aliphatic carbocycles. The molecule has 0 aromatic heterocycles. The largest absolute Gasteiger partial charge is 0.477 e. The molecule has 138 valence electrons. The maximum atomic E-state index is 12.4. The first-order valence-electron chi connectivity index (χ1n) is 8.21. The van der Waals surface area contributed by atoms with Gasteiger partial charge in [0.1, 0.15) is 5.75 Å². The van der Waals surface area contributed by atoms with Crippen molar-refractivity contribution in [3.63, 3.8) is 0 Å². The van der Waals surface area contributed by atoms with Crippen LogP contribution in [-0.2, 0) is 21.2 Å². The molecule has 0 unspecified atom stereocenters. The van der Waals surface area contributed by atoms with Crippen LogP contribution in [0.4, 0.5) is 5.69 Å². The number of carbonyl (C=O) groups is 1. The van der Waals surface area contributed by atoms with Gasteiger partial charge in [0.2, 0.25) is 10.0 Å². The van der Waals surface area contributed by atoms with Crippen LogP contribution in [0.25, 0.3) is 0 Å². The molecule has 26 heavy (non-hydrogen) atoms. The Hall–Kier alpha value is -2.58. The van der Waals surface area contributed by atoms with Crippen LogP contribution in [0.15, 0.2) is 53.4 Å². The third-order valence-corrected chi connectivity index (χ3v) is 5.17. The van der Waals surface area contributed by atoms with Crippen LogP contribution in [0.1, 0.15) is 5.56 Å². The number of benzene rings is 2. The zero-order chi connectivity index (χ0) is 18.7. The van der Waals surface area contributed by atoms with Crippen molar-refractivity contribution in [2.45, 2.75) is 17.4 Å². The number of hydrogen-bond donors (Lipinski definition) is 2. The fourth-order valence-corrected chi connectivity index (χ4v) is 3.35. The number of nitrogens with zero attached hydrogens (tertiary/aromatic N) is 1. The Morgan fingerprint density at radius 2 is 1.92 bits per heavy atom. The summed E-state index contributed by atoms with van der Waals surface area (Å²) >= 11 is 0. The number of sulfonamides is 1. The molecular formula is C18H21N3O4S. The molecule has 0 fully saturated rings. The van der Waals surface area contributed by atoms with E-state index in [0.29, 0.717) is 25.3 Å². The van der Waals surface area contributed by atoms with Crippen LogP contribution in [0.5, 0.6) is 5.75 Å². The second kappa shape index (κ2) is 7.35. The second-order valence-electron chi connectivity index (χ2n) is 6.18. The quantitative estimate of drug-likeness (QED) is 0.808. The van der Waals surface area contributed by atoms with E-state index in [1.165, 1.54) is 12.1 Å². The molecule has 1 heterocycles. The highest BCUT2D eigenvalue weighted by atomic mass is 32.2. The number of rotatable bonds is 5. The number of amides is 1. The zero-order valence-electron chi connectivity index (χ0n) is 14.4. The number of carbonyl (C=O) groups excluding carboxylic acids is 1. The van der Waals surface area contributed by atoms with Crippen LogP contribution in [0.3, 0.4) is 0 Å². The van der Waals surface area contributed by atoms with Crippen LogP contribution in [-0.4, -0.2) is 40.6 Å². The summed E-state index contributed by atoms with van der Waals surface area (Å²) < 4.78 is 28.3. The molecule has 0 saturated heterocycles. The minimum absolute atomic E-state index is 0.0718. The van der Waals surface area contributed by atoms with E-state index in [2.05, 4.69) is 5.32 Å². The smallest absolute Gasteiger partial charge is 0.262 e. The molecule has 1 aliphatic rings. The Labute approximate surface area is 152 Å². The number of fused-ring (bicyclic) bond motifs is 1. The molecule has 0 radical (unpaired) electrons. The Balaban J connectivity index is 1.53. The molecule has 2 aromatic rings. The number of para-hydroxylation sites is 2. The number of primary sulfonamides is 1. The predicted octanol–water partition coefficient (Wildman–Crippen LogP) is 0.890. The Kier molecular flexibility index (Phi) is 5.15. The molecule has 3 rings (SSSR count). The molecule has 0 bridgehead atoms. The lowest BCUT2D eigenvalue weighted by Gasteiger charge is -2.32. The first-order chi connectivity index (χ1) is 12.3. The minimum Gasteiger partial charge on any atom is -0.477 e. The average Bonchev–Trinajstić information content (AvgIpc) is 2.61. The first kappa shape index (κ1) is 18.2. The lowest BCUT2D eigenvalue weighted by Crippen LogP contribution is -2.48. The molecule has 0 spiro atoms. The van der Waals surface area contributed by atoms with Gasteiger partial charge in [0.15, 0.2) is 6.10 Å². The van der Waals surface area contributed by atoms with Gasteiger partial charge < -0.3 is 15.0 Å². The highest BCUT2D eigenvalue weighted by Gasteiger charge is 2.28. The Morgan fingerprint density at radius 3 is 2.62 bits per heavy atom. The van der Waals surface area contributed by atoms with Crippen molar-refractivity contribution >= 4 is 21.6 Å². The van der Waals surface area contributed by atoms with Gasteiger partial charge in [0.05, 0.1) is 17.1 Å². The summed E-state index contributed by atoms with van der Waals surface area (Å²) in [6.07, 6.45) is 0.00939. The van der Waals surface area contributed by atoms with Crippen molar-refractivity contribution in [2.24, 2.45) is 5.14 Å². The van der Waals surface area contributed by atoms with E-state index in [4.69, 9.17) is 9.88 Å². The van der Waals surface area contributed by atoms with Gasteiger partial charge in [-0.2, -0.15) is 0 Å². The van der Waals surface area contributed by atoms with Gasteiger partial charge in [-0.05, 0) is 36.2 Å². The van der Waals surface area contributed by atoms with Crippen molar-refractivity contribution in [3.05, 3.63) is 54.1 Å². The van der Waals surface area contributed by atoms with Gasteiger partial charge in [-0.15, -0.1) is 0 Å². The minimum atomic E-state index is -3.69. The summed E-state index contributed by atoms with van der Waals surface area (Å²) in [6, 6.07) is 13.9. The molecule has 1 aliphatic heterocycles. The predicted molar refractivity (Wildman–Crippen MR) is 98.7 cm³/mol. The van der Waals surface area contributed by atoms with Crippen molar-refractivity contribution < 1.29 is 17.9 Å². The van der Waals surface area contributed by atoms with Crippen LogP contribution >= 0.6 is 0 Å². The van der Waals surface area contributed by atoms with Crippen LogP contribution < -0.4 is 20.1 Å². The van der Waals surface area contributed by atoms with E-state index in [-0.39, 0.29) is 10.8 Å². The molecule has 2 aromatic carbocycles. The van der Waals surface area contributed by atoms with Gasteiger partial charge in [-0.1, -0.05) is 24.3 Å². The summed E-state index contributed by atoms with van der Waals surface area (Å²) in [5.74, 6) is 0.521. The zero-order valence-corrected chi connectivity index (χ0v) is 15.2. The number of anilines is 1. The summed E-state index contributed by atoms with van der Waals surface area (Å²) in [5, 5.41) is 7.94. The van der Waals surface area contributed by atoms with Crippen LogP contribution in [0, 0.1) is 0 Å². The van der Waals surface area contributed by atoms with E-state index in [1.54, 1.807) is 12.1 Å².